The lowest BCUT2D eigenvalue weighted by molar-refractivity contribution is -0.155. The standard InChI is InChI=1S/C11H20N2O7S/c1-3-20-9(14)8-5-4-6-13(8)21(18,19)12-7-11(2,17)10(15)16/h8,12,17H,3-7H2,1-2H3,(H,15,16). The number of carboxylic acids is 1. The second kappa shape index (κ2) is 6.69. The maximum absolute atomic E-state index is 12.1. The minimum Gasteiger partial charge on any atom is -0.479 e. The molecule has 1 rings (SSSR count). The molecule has 0 spiro atoms. The Balaban J connectivity index is 2.77. The summed E-state index contributed by atoms with van der Waals surface area (Å²) in [4.78, 5) is 22.5. The number of aliphatic hydroxyl groups is 1. The molecule has 10 heteroatoms. The zero-order valence-corrected chi connectivity index (χ0v) is 12.7. The SMILES string of the molecule is CCOC(=O)C1CCCN1S(=O)(=O)NCC(C)(O)C(=O)O. The number of aliphatic carboxylic acids is 1. The van der Waals surface area contributed by atoms with Gasteiger partial charge in [-0.3, -0.25) is 4.79 Å². The van der Waals surface area contributed by atoms with Gasteiger partial charge in [0.2, 0.25) is 0 Å². The maximum atomic E-state index is 12.1. The van der Waals surface area contributed by atoms with Crippen LogP contribution in [0, 0.1) is 0 Å². The summed E-state index contributed by atoms with van der Waals surface area (Å²) in [5.41, 5.74) is -2.23. The van der Waals surface area contributed by atoms with Crippen LogP contribution in [0.15, 0.2) is 0 Å². The van der Waals surface area contributed by atoms with Crippen molar-refractivity contribution in [2.45, 2.75) is 38.3 Å². The Morgan fingerprint density at radius 2 is 2.10 bits per heavy atom. The van der Waals surface area contributed by atoms with Crippen LogP contribution in [-0.4, -0.2) is 66.2 Å². The topological polar surface area (TPSA) is 133 Å². The first-order valence-electron chi connectivity index (χ1n) is 6.50. The van der Waals surface area contributed by atoms with Crippen LogP contribution in [0.5, 0.6) is 0 Å². The third-order valence-corrected chi connectivity index (χ3v) is 4.69. The van der Waals surface area contributed by atoms with Gasteiger partial charge in [-0.05, 0) is 26.7 Å². The molecule has 0 amide bonds. The molecule has 0 aliphatic carbocycles. The van der Waals surface area contributed by atoms with E-state index in [9.17, 15) is 23.1 Å². The molecule has 0 aromatic carbocycles. The van der Waals surface area contributed by atoms with Crippen molar-refractivity contribution in [3.63, 3.8) is 0 Å². The van der Waals surface area contributed by atoms with Gasteiger partial charge < -0.3 is 14.9 Å². The molecular weight excluding hydrogens is 304 g/mol. The van der Waals surface area contributed by atoms with E-state index >= 15 is 0 Å². The molecule has 1 aliphatic heterocycles. The zero-order chi connectivity index (χ0) is 16.3. The summed E-state index contributed by atoms with van der Waals surface area (Å²) in [6, 6.07) is -0.919. The van der Waals surface area contributed by atoms with Crippen LogP contribution in [0.3, 0.4) is 0 Å². The lowest BCUT2D eigenvalue weighted by Crippen LogP contribution is -2.52. The minimum atomic E-state index is -4.08. The van der Waals surface area contributed by atoms with Crippen LogP contribution >= 0.6 is 0 Å². The number of nitrogens with one attached hydrogen (secondary N) is 1. The molecule has 1 fully saturated rings. The van der Waals surface area contributed by atoms with Crippen LogP contribution < -0.4 is 4.72 Å². The van der Waals surface area contributed by atoms with Crippen LogP contribution in [0.25, 0.3) is 0 Å². The van der Waals surface area contributed by atoms with Gasteiger partial charge in [-0.15, -0.1) is 0 Å². The van der Waals surface area contributed by atoms with E-state index in [1.54, 1.807) is 6.92 Å². The van der Waals surface area contributed by atoms with Crippen molar-refractivity contribution in [2.24, 2.45) is 0 Å². The predicted octanol–water partition coefficient (Wildman–Crippen LogP) is -1.32. The van der Waals surface area contributed by atoms with Crippen molar-refractivity contribution in [2.75, 3.05) is 19.7 Å². The average molecular weight is 324 g/mol. The van der Waals surface area contributed by atoms with Crippen LogP contribution in [0.4, 0.5) is 0 Å². The number of hydrogen-bond donors (Lipinski definition) is 3. The summed E-state index contributed by atoms with van der Waals surface area (Å²) in [6.45, 7) is 2.17. The van der Waals surface area contributed by atoms with Crippen molar-refractivity contribution in [3.8, 4) is 0 Å². The van der Waals surface area contributed by atoms with Gasteiger partial charge >= 0.3 is 11.9 Å². The van der Waals surface area contributed by atoms with Gasteiger partial charge in [0, 0.05) is 6.54 Å². The van der Waals surface area contributed by atoms with E-state index in [0.29, 0.717) is 12.8 Å². The quantitative estimate of drug-likeness (QED) is 0.495. The number of carbonyl (C=O) groups excluding carboxylic acids is 1. The van der Waals surface area contributed by atoms with E-state index in [-0.39, 0.29) is 13.2 Å². The Morgan fingerprint density at radius 3 is 2.62 bits per heavy atom. The van der Waals surface area contributed by atoms with E-state index in [4.69, 9.17) is 9.84 Å². The molecule has 9 nitrogen and oxygen atoms in total. The summed E-state index contributed by atoms with van der Waals surface area (Å²) in [5.74, 6) is -2.18. The fourth-order valence-electron chi connectivity index (χ4n) is 1.89. The normalized spacial score (nSPS) is 22.7. The molecule has 1 aliphatic rings. The Hall–Kier alpha value is -1.23. The Labute approximate surface area is 123 Å². The summed E-state index contributed by atoms with van der Waals surface area (Å²) >= 11 is 0. The second-order valence-electron chi connectivity index (χ2n) is 4.93. The molecule has 1 saturated heterocycles. The van der Waals surface area contributed by atoms with Crippen LogP contribution in [0.2, 0.25) is 0 Å². The Kier molecular flexibility index (Phi) is 5.68. The van der Waals surface area contributed by atoms with E-state index in [2.05, 4.69) is 0 Å². The monoisotopic (exact) mass is 324 g/mol. The molecule has 3 N–H and O–H groups in total. The van der Waals surface area contributed by atoms with Gasteiger partial charge in [0.1, 0.15) is 6.04 Å². The third-order valence-electron chi connectivity index (χ3n) is 3.13. The lowest BCUT2D eigenvalue weighted by Gasteiger charge is -2.25. The molecule has 0 aromatic heterocycles. The first-order chi connectivity index (χ1) is 9.62. The van der Waals surface area contributed by atoms with Crippen LogP contribution in [0.1, 0.15) is 26.7 Å². The maximum Gasteiger partial charge on any atom is 0.336 e. The molecule has 122 valence electrons. The molecule has 0 bridgehead atoms. The number of hydrogen-bond acceptors (Lipinski definition) is 6. The summed E-state index contributed by atoms with van der Waals surface area (Å²) in [7, 11) is -4.08. The van der Waals surface area contributed by atoms with Crippen molar-refractivity contribution in [1.82, 2.24) is 9.03 Å². The van der Waals surface area contributed by atoms with Crippen molar-refractivity contribution >= 4 is 22.1 Å². The number of esters is 1. The highest BCUT2D eigenvalue weighted by atomic mass is 32.2. The molecular formula is C11H20N2O7S. The number of nitrogens with zero attached hydrogens (tertiary/aromatic N) is 1. The molecule has 0 radical (unpaired) electrons. The number of rotatable bonds is 7. The predicted molar refractivity (Wildman–Crippen MR) is 71.5 cm³/mol. The minimum absolute atomic E-state index is 0.133. The molecule has 21 heavy (non-hydrogen) atoms. The molecule has 0 saturated carbocycles. The van der Waals surface area contributed by atoms with Gasteiger partial charge in [0.15, 0.2) is 5.60 Å². The van der Waals surface area contributed by atoms with Crippen molar-refractivity contribution < 1.29 is 33.0 Å². The van der Waals surface area contributed by atoms with Gasteiger partial charge in [0.05, 0.1) is 13.2 Å². The highest BCUT2D eigenvalue weighted by Crippen LogP contribution is 2.21. The van der Waals surface area contributed by atoms with E-state index in [0.717, 1.165) is 11.2 Å². The summed E-state index contributed by atoms with van der Waals surface area (Å²) in [5, 5.41) is 18.3. The highest BCUT2D eigenvalue weighted by molar-refractivity contribution is 7.87. The summed E-state index contributed by atoms with van der Waals surface area (Å²) < 4.78 is 32.0. The van der Waals surface area contributed by atoms with Gasteiger partial charge in [-0.2, -0.15) is 17.4 Å². The summed E-state index contributed by atoms with van der Waals surface area (Å²) in [6.07, 6.45) is 0.842. The second-order valence-corrected chi connectivity index (χ2v) is 6.63. The van der Waals surface area contributed by atoms with Gasteiger partial charge in [0.25, 0.3) is 10.2 Å². The lowest BCUT2D eigenvalue weighted by atomic mass is 10.1. The van der Waals surface area contributed by atoms with E-state index < -0.39 is 40.3 Å². The number of ether oxygens (including phenoxy) is 1. The van der Waals surface area contributed by atoms with Gasteiger partial charge in [-0.1, -0.05) is 0 Å². The molecule has 2 atom stereocenters. The average Bonchev–Trinajstić information content (AvgIpc) is 2.87. The Bertz CT molecular complexity index is 503. The van der Waals surface area contributed by atoms with Crippen molar-refractivity contribution in [1.29, 1.82) is 0 Å². The smallest absolute Gasteiger partial charge is 0.336 e. The molecule has 1 heterocycles. The van der Waals surface area contributed by atoms with Gasteiger partial charge in [-0.25, -0.2) is 4.79 Å². The van der Waals surface area contributed by atoms with E-state index in [1.165, 1.54) is 0 Å². The largest absolute Gasteiger partial charge is 0.479 e. The van der Waals surface area contributed by atoms with E-state index in [1.807, 2.05) is 4.72 Å². The van der Waals surface area contributed by atoms with Crippen LogP contribution in [-0.2, 0) is 24.5 Å². The number of carboxylic acid groups (broad SMARTS) is 1. The number of carbonyl (C=O) groups is 2. The first-order valence-corrected chi connectivity index (χ1v) is 7.94. The fourth-order valence-corrected chi connectivity index (χ4v) is 3.42. The zero-order valence-electron chi connectivity index (χ0n) is 11.9. The highest BCUT2D eigenvalue weighted by Gasteiger charge is 2.41. The molecule has 0 aromatic rings. The van der Waals surface area contributed by atoms with Crippen molar-refractivity contribution in [3.05, 3.63) is 0 Å². The Morgan fingerprint density at radius 1 is 1.48 bits per heavy atom. The third kappa shape index (κ3) is 4.37. The fraction of sp³-hybridized carbons (Fsp3) is 0.818. The first kappa shape index (κ1) is 17.8. The molecule has 2 unspecified atom stereocenters.